The summed E-state index contributed by atoms with van der Waals surface area (Å²) < 4.78 is 14.3. The number of benzene rings is 1. The second kappa shape index (κ2) is 8.94. The normalized spacial score (nSPS) is 30.6. The highest BCUT2D eigenvalue weighted by atomic mass is 19.1. The molecule has 6 nitrogen and oxygen atoms in total. The number of nitriles is 1. The van der Waals surface area contributed by atoms with Crippen molar-refractivity contribution in [3.63, 3.8) is 0 Å². The van der Waals surface area contributed by atoms with E-state index in [0.717, 1.165) is 81.7 Å². The standard InChI is InChI=1S/C30H39FN6/c1-19-7-11-29(27-21(19)5-6-24(33)23(27)17-32)12-8-22-25(16-29)34-26(35-28(22)36(2)3)9-13-30-10-4-14-37(30)18-20(31)15-30/h5-6,19-20H,4,7-16,18,33H2,1-3H3. The van der Waals surface area contributed by atoms with Crippen LogP contribution < -0.4 is 10.6 Å². The Hall–Kier alpha value is -2.72. The van der Waals surface area contributed by atoms with Gasteiger partial charge < -0.3 is 10.6 Å². The molecule has 1 aromatic carbocycles. The molecule has 7 heteroatoms. The van der Waals surface area contributed by atoms with E-state index in [0.29, 0.717) is 30.1 Å². The van der Waals surface area contributed by atoms with Crippen LogP contribution in [0.1, 0.15) is 91.6 Å². The minimum absolute atomic E-state index is 0.0180. The lowest BCUT2D eigenvalue weighted by Crippen LogP contribution is -2.40. The molecule has 2 N–H and O–H groups in total. The smallest absolute Gasteiger partial charge is 0.135 e. The minimum atomic E-state index is -0.711. The Labute approximate surface area is 220 Å². The van der Waals surface area contributed by atoms with E-state index in [4.69, 9.17) is 15.7 Å². The van der Waals surface area contributed by atoms with Crippen molar-refractivity contribution in [1.82, 2.24) is 14.9 Å². The van der Waals surface area contributed by atoms with Gasteiger partial charge in [0.25, 0.3) is 0 Å². The summed E-state index contributed by atoms with van der Waals surface area (Å²) in [7, 11) is 4.12. The van der Waals surface area contributed by atoms with Crippen LogP contribution in [0.15, 0.2) is 12.1 Å². The first kappa shape index (κ1) is 24.6. The molecule has 2 saturated heterocycles. The van der Waals surface area contributed by atoms with Crippen LogP contribution in [-0.4, -0.2) is 53.8 Å². The van der Waals surface area contributed by atoms with Gasteiger partial charge in [-0.1, -0.05) is 13.0 Å². The summed E-state index contributed by atoms with van der Waals surface area (Å²) in [5, 5.41) is 10.1. The molecular formula is C30H39FN6. The molecule has 4 atom stereocenters. The molecule has 37 heavy (non-hydrogen) atoms. The van der Waals surface area contributed by atoms with Gasteiger partial charge in [0.15, 0.2) is 0 Å². The summed E-state index contributed by atoms with van der Waals surface area (Å²) in [6, 6.07) is 6.51. The lowest BCUT2D eigenvalue weighted by Gasteiger charge is -2.45. The molecule has 0 saturated carbocycles. The van der Waals surface area contributed by atoms with Gasteiger partial charge in [-0.05, 0) is 87.4 Å². The molecule has 196 valence electrons. The number of aryl methyl sites for hydroxylation is 1. The molecule has 3 heterocycles. The predicted octanol–water partition coefficient (Wildman–Crippen LogP) is 4.83. The molecule has 2 aliphatic carbocycles. The van der Waals surface area contributed by atoms with Crippen LogP contribution in [0.4, 0.5) is 15.9 Å². The zero-order chi connectivity index (χ0) is 25.9. The van der Waals surface area contributed by atoms with Crippen LogP contribution in [0.2, 0.25) is 0 Å². The summed E-state index contributed by atoms with van der Waals surface area (Å²) in [4.78, 5) is 14.7. The maximum atomic E-state index is 14.3. The van der Waals surface area contributed by atoms with Gasteiger partial charge in [-0.2, -0.15) is 5.26 Å². The number of aromatic nitrogens is 2. The largest absolute Gasteiger partial charge is 0.398 e. The van der Waals surface area contributed by atoms with Gasteiger partial charge in [0, 0.05) is 49.3 Å². The highest BCUT2D eigenvalue weighted by molar-refractivity contribution is 5.65. The van der Waals surface area contributed by atoms with E-state index in [-0.39, 0.29) is 11.0 Å². The van der Waals surface area contributed by atoms with Gasteiger partial charge in [-0.3, -0.25) is 4.90 Å². The number of anilines is 2. The number of nitrogen functional groups attached to an aromatic ring is 1. The van der Waals surface area contributed by atoms with Crippen molar-refractivity contribution in [2.24, 2.45) is 0 Å². The Balaban J connectivity index is 1.37. The van der Waals surface area contributed by atoms with Crippen LogP contribution in [0, 0.1) is 11.3 Å². The van der Waals surface area contributed by atoms with Crippen molar-refractivity contribution >= 4 is 11.5 Å². The molecule has 0 radical (unpaired) electrons. The predicted molar refractivity (Wildman–Crippen MR) is 145 cm³/mol. The zero-order valence-corrected chi connectivity index (χ0v) is 22.5. The molecule has 1 aromatic heterocycles. The fourth-order valence-electron chi connectivity index (χ4n) is 8.12. The second-order valence-corrected chi connectivity index (χ2v) is 12.4. The van der Waals surface area contributed by atoms with E-state index < -0.39 is 6.17 Å². The minimum Gasteiger partial charge on any atom is -0.398 e. The van der Waals surface area contributed by atoms with Gasteiger partial charge in [-0.25, -0.2) is 14.4 Å². The topological polar surface area (TPSA) is 82.1 Å². The highest BCUT2D eigenvalue weighted by Crippen LogP contribution is 2.52. The third-order valence-electron chi connectivity index (χ3n) is 9.97. The van der Waals surface area contributed by atoms with E-state index >= 15 is 0 Å². The number of hydrogen-bond donors (Lipinski definition) is 1. The molecule has 0 amide bonds. The third-order valence-corrected chi connectivity index (χ3v) is 9.97. The van der Waals surface area contributed by atoms with E-state index in [9.17, 15) is 9.65 Å². The number of fused-ring (bicyclic) bond motifs is 4. The summed E-state index contributed by atoms with van der Waals surface area (Å²) in [5.74, 6) is 2.32. The molecule has 2 aliphatic heterocycles. The number of nitrogens with zero attached hydrogens (tertiary/aromatic N) is 5. The molecule has 2 fully saturated rings. The number of rotatable bonds is 4. The van der Waals surface area contributed by atoms with Crippen LogP contribution in [-0.2, 0) is 24.7 Å². The Morgan fingerprint density at radius 3 is 2.86 bits per heavy atom. The highest BCUT2D eigenvalue weighted by Gasteiger charge is 2.48. The van der Waals surface area contributed by atoms with Crippen LogP contribution in [0.25, 0.3) is 0 Å². The van der Waals surface area contributed by atoms with Crippen LogP contribution in [0.3, 0.4) is 0 Å². The molecule has 1 spiro atoms. The quantitative estimate of drug-likeness (QED) is 0.603. The first-order valence-electron chi connectivity index (χ1n) is 14.0. The number of nitrogens with two attached hydrogens (primary N) is 1. The number of alkyl halides is 1. The SMILES string of the molecule is CC1CCC2(CCc3c(nc(CCC45CCCN4CC(F)C5)nc3N(C)C)C2)c2c1ccc(N)c2C#N. The van der Waals surface area contributed by atoms with Crippen LogP contribution >= 0.6 is 0 Å². The van der Waals surface area contributed by atoms with Crippen molar-refractivity contribution in [3.8, 4) is 6.07 Å². The van der Waals surface area contributed by atoms with Crippen molar-refractivity contribution in [2.75, 3.05) is 37.8 Å². The monoisotopic (exact) mass is 502 g/mol. The van der Waals surface area contributed by atoms with Crippen molar-refractivity contribution < 1.29 is 4.39 Å². The number of halogens is 1. The van der Waals surface area contributed by atoms with E-state index in [1.807, 2.05) is 6.07 Å². The van der Waals surface area contributed by atoms with Gasteiger partial charge in [0.1, 0.15) is 23.9 Å². The lowest BCUT2D eigenvalue weighted by molar-refractivity contribution is 0.181. The van der Waals surface area contributed by atoms with E-state index in [1.165, 1.54) is 16.7 Å². The van der Waals surface area contributed by atoms with Gasteiger partial charge in [-0.15, -0.1) is 0 Å². The Morgan fingerprint density at radius 2 is 2.08 bits per heavy atom. The maximum absolute atomic E-state index is 14.3. The van der Waals surface area contributed by atoms with Crippen LogP contribution in [0.5, 0.6) is 0 Å². The number of hydrogen-bond acceptors (Lipinski definition) is 6. The van der Waals surface area contributed by atoms with Crippen molar-refractivity contribution in [3.05, 3.63) is 45.9 Å². The van der Waals surface area contributed by atoms with E-state index in [1.54, 1.807) is 0 Å². The first-order valence-corrected chi connectivity index (χ1v) is 14.0. The Bertz CT molecular complexity index is 1270. The average molecular weight is 503 g/mol. The summed E-state index contributed by atoms with van der Waals surface area (Å²) >= 11 is 0. The third kappa shape index (κ3) is 3.91. The van der Waals surface area contributed by atoms with Gasteiger partial charge in [0.2, 0.25) is 0 Å². The van der Waals surface area contributed by atoms with Gasteiger partial charge in [0.05, 0.1) is 11.3 Å². The Morgan fingerprint density at radius 1 is 1.24 bits per heavy atom. The first-order chi connectivity index (χ1) is 17.7. The second-order valence-electron chi connectivity index (χ2n) is 12.4. The van der Waals surface area contributed by atoms with Crippen molar-refractivity contribution in [2.45, 2.75) is 94.2 Å². The molecule has 4 unspecified atom stereocenters. The zero-order valence-electron chi connectivity index (χ0n) is 22.5. The fraction of sp³-hybridized carbons (Fsp3) is 0.633. The summed E-state index contributed by atoms with van der Waals surface area (Å²) in [6.45, 7) is 3.86. The van der Waals surface area contributed by atoms with E-state index in [2.05, 4.69) is 43.0 Å². The molecule has 4 aliphatic rings. The maximum Gasteiger partial charge on any atom is 0.135 e. The fourth-order valence-corrected chi connectivity index (χ4v) is 8.12. The van der Waals surface area contributed by atoms with Crippen molar-refractivity contribution in [1.29, 1.82) is 5.26 Å². The molecule has 0 bridgehead atoms. The summed E-state index contributed by atoms with van der Waals surface area (Å²) in [6.07, 6.45) is 8.72. The lowest BCUT2D eigenvalue weighted by atomic mass is 9.59. The Kier molecular flexibility index (Phi) is 5.95. The average Bonchev–Trinajstić information content (AvgIpc) is 3.40. The molecular weight excluding hydrogens is 463 g/mol. The van der Waals surface area contributed by atoms with Gasteiger partial charge >= 0.3 is 0 Å². The molecule has 6 rings (SSSR count). The molecule has 2 aromatic rings. The summed E-state index contributed by atoms with van der Waals surface area (Å²) in [5.41, 5.74) is 12.3.